The molecule has 0 aromatic carbocycles. The second-order valence-corrected chi connectivity index (χ2v) is 2.84. The van der Waals surface area contributed by atoms with Crippen LogP contribution in [0.5, 0.6) is 0 Å². The molecule has 0 spiro atoms. The van der Waals surface area contributed by atoms with E-state index < -0.39 is 0 Å². The second kappa shape index (κ2) is 5.11. The molecule has 0 aromatic rings. The maximum Gasteiger partial charge on any atom is 0.0841 e. The predicted octanol–water partition coefficient (Wildman–Crippen LogP) is 0.526. The second-order valence-electron chi connectivity index (χ2n) is 2.84. The maximum atomic E-state index is 8.26. The molecule has 1 N–H and O–H groups in total. The third kappa shape index (κ3) is 3.35. The zero-order valence-corrected chi connectivity index (χ0v) is 6.68. The van der Waals surface area contributed by atoms with Crippen molar-refractivity contribution >= 4 is 0 Å². The highest BCUT2D eigenvalue weighted by Crippen LogP contribution is 2.12. The molecule has 1 fully saturated rings. The standard InChI is InChI=1S/C8H14N2O/c9-3-4-10-7-8-1-5-11-6-2-8/h8,10H,1-2,4-7H2. The van der Waals surface area contributed by atoms with Crippen LogP contribution in [0.3, 0.4) is 0 Å². The van der Waals surface area contributed by atoms with Gasteiger partial charge < -0.3 is 10.1 Å². The molecular formula is C8H14N2O. The van der Waals surface area contributed by atoms with Crippen molar-refractivity contribution in [3.05, 3.63) is 0 Å². The van der Waals surface area contributed by atoms with Gasteiger partial charge in [-0.25, -0.2) is 0 Å². The van der Waals surface area contributed by atoms with E-state index in [9.17, 15) is 0 Å². The van der Waals surface area contributed by atoms with Crippen molar-refractivity contribution < 1.29 is 4.74 Å². The molecule has 1 heterocycles. The summed E-state index contributed by atoms with van der Waals surface area (Å²) in [5, 5.41) is 11.3. The predicted molar refractivity (Wildman–Crippen MR) is 42.0 cm³/mol. The fraction of sp³-hybridized carbons (Fsp3) is 0.875. The summed E-state index contributed by atoms with van der Waals surface area (Å²) in [5.41, 5.74) is 0. The van der Waals surface area contributed by atoms with Gasteiger partial charge in [0.05, 0.1) is 12.6 Å². The molecule has 62 valence electrons. The molecule has 0 bridgehead atoms. The van der Waals surface area contributed by atoms with Gasteiger partial charge in [0.15, 0.2) is 0 Å². The van der Waals surface area contributed by atoms with E-state index in [0.717, 1.165) is 38.5 Å². The topological polar surface area (TPSA) is 45.0 Å². The minimum absolute atomic E-state index is 0.470. The summed E-state index contributed by atoms with van der Waals surface area (Å²) in [6, 6.07) is 2.06. The number of nitrogens with one attached hydrogen (secondary N) is 1. The smallest absolute Gasteiger partial charge is 0.0841 e. The van der Waals surface area contributed by atoms with Crippen LogP contribution < -0.4 is 5.32 Å². The van der Waals surface area contributed by atoms with E-state index in [2.05, 4.69) is 11.4 Å². The molecule has 1 aliphatic heterocycles. The van der Waals surface area contributed by atoms with E-state index in [4.69, 9.17) is 10.00 Å². The zero-order chi connectivity index (χ0) is 7.94. The highest BCUT2D eigenvalue weighted by atomic mass is 16.5. The molecule has 3 heteroatoms. The molecule has 1 aliphatic rings. The van der Waals surface area contributed by atoms with Gasteiger partial charge in [0, 0.05) is 13.2 Å². The molecular weight excluding hydrogens is 140 g/mol. The van der Waals surface area contributed by atoms with E-state index in [-0.39, 0.29) is 0 Å². The molecule has 0 atom stereocenters. The first kappa shape index (κ1) is 8.51. The molecule has 0 unspecified atom stereocenters. The molecule has 0 radical (unpaired) electrons. The molecule has 1 rings (SSSR count). The molecule has 0 aliphatic carbocycles. The van der Waals surface area contributed by atoms with Crippen LogP contribution in [-0.2, 0) is 4.74 Å². The fourth-order valence-electron chi connectivity index (χ4n) is 1.28. The zero-order valence-electron chi connectivity index (χ0n) is 6.68. The van der Waals surface area contributed by atoms with Gasteiger partial charge in [-0.2, -0.15) is 5.26 Å². The van der Waals surface area contributed by atoms with Gasteiger partial charge in [-0.15, -0.1) is 0 Å². The Morgan fingerprint density at radius 3 is 2.82 bits per heavy atom. The van der Waals surface area contributed by atoms with Crippen molar-refractivity contribution in [1.29, 1.82) is 5.26 Å². The lowest BCUT2D eigenvalue weighted by molar-refractivity contribution is 0.0666. The Balaban J connectivity index is 2.01. The first-order valence-electron chi connectivity index (χ1n) is 4.09. The highest BCUT2D eigenvalue weighted by molar-refractivity contribution is 4.75. The number of nitrogens with zero attached hydrogens (tertiary/aromatic N) is 1. The van der Waals surface area contributed by atoms with Gasteiger partial charge in [0.25, 0.3) is 0 Å². The Morgan fingerprint density at radius 1 is 1.45 bits per heavy atom. The summed E-state index contributed by atoms with van der Waals surface area (Å²) in [6.45, 7) is 3.21. The summed E-state index contributed by atoms with van der Waals surface area (Å²) < 4.78 is 5.21. The molecule has 0 amide bonds. The first-order chi connectivity index (χ1) is 5.43. The lowest BCUT2D eigenvalue weighted by Crippen LogP contribution is -2.27. The number of ether oxygens (including phenoxy) is 1. The molecule has 1 saturated heterocycles. The Hall–Kier alpha value is -0.590. The lowest BCUT2D eigenvalue weighted by atomic mass is 10.0. The third-order valence-electron chi connectivity index (χ3n) is 1.98. The summed E-state index contributed by atoms with van der Waals surface area (Å²) in [5.74, 6) is 0.720. The van der Waals surface area contributed by atoms with E-state index in [1.165, 1.54) is 0 Å². The van der Waals surface area contributed by atoms with Gasteiger partial charge in [-0.1, -0.05) is 0 Å². The third-order valence-corrected chi connectivity index (χ3v) is 1.98. The van der Waals surface area contributed by atoms with Gasteiger partial charge >= 0.3 is 0 Å². The highest BCUT2D eigenvalue weighted by Gasteiger charge is 2.12. The summed E-state index contributed by atoms with van der Waals surface area (Å²) in [4.78, 5) is 0. The SMILES string of the molecule is N#CCNCC1CCOCC1. The van der Waals surface area contributed by atoms with Crippen LogP contribution in [0.25, 0.3) is 0 Å². The van der Waals surface area contributed by atoms with Crippen molar-refractivity contribution in [3.8, 4) is 6.07 Å². The van der Waals surface area contributed by atoms with E-state index in [1.807, 2.05) is 0 Å². The number of nitriles is 1. The Kier molecular flexibility index (Phi) is 3.95. The van der Waals surface area contributed by atoms with Crippen LogP contribution >= 0.6 is 0 Å². The van der Waals surface area contributed by atoms with E-state index in [1.54, 1.807) is 0 Å². The summed E-state index contributed by atoms with van der Waals surface area (Å²) in [6.07, 6.45) is 2.27. The number of hydrogen-bond acceptors (Lipinski definition) is 3. The summed E-state index contributed by atoms with van der Waals surface area (Å²) >= 11 is 0. The van der Waals surface area contributed by atoms with Crippen LogP contribution in [0.4, 0.5) is 0 Å². The van der Waals surface area contributed by atoms with Crippen LogP contribution in [0.1, 0.15) is 12.8 Å². The minimum Gasteiger partial charge on any atom is -0.381 e. The minimum atomic E-state index is 0.470. The van der Waals surface area contributed by atoms with E-state index in [0.29, 0.717) is 6.54 Å². The molecule has 0 aromatic heterocycles. The molecule has 11 heavy (non-hydrogen) atoms. The van der Waals surface area contributed by atoms with Crippen molar-refractivity contribution in [1.82, 2.24) is 5.32 Å². The molecule has 3 nitrogen and oxygen atoms in total. The van der Waals surface area contributed by atoms with Crippen molar-refractivity contribution in [3.63, 3.8) is 0 Å². The van der Waals surface area contributed by atoms with E-state index >= 15 is 0 Å². The van der Waals surface area contributed by atoms with Crippen molar-refractivity contribution in [2.24, 2.45) is 5.92 Å². The van der Waals surface area contributed by atoms with Crippen molar-refractivity contribution in [2.45, 2.75) is 12.8 Å². The Bertz CT molecular complexity index is 136. The Morgan fingerprint density at radius 2 is 2.18 bits per heavy atom. The van der Waals surface area contributed by atoms with Gasteiger partial charge in [0.1, 0.15) is 0 Å². The first-order valence-corrected chi connectivity index (χ1v) is 4.09. The van der Waals surface area contributed by atoms with Crippen LogP contribution in [0, 0.1) is 17.2 Å². The lowest BCUT2D eigenvalue weighted by Gasteiger charge is -2.21. The quantitative estimate of drug-likeness (QED) is 0.476. The monoisotopic (exact) mass is 154 g/mol. The van der Waals surface area contributed by atoms with Gasteiger partial charge in [0.2, 0.25) is 0 Å². The summed E-state index contributed by atoms with van der Waals surface area (Å²) in [7, 11) is 0. The molecule has 0 saturated carbocycles. The van der Waals surface area contributed by atoms with Crippen LogP contribution in [-0.4, -0.2) is 26.3 Å². The normalized spacial score (nSPS) is 19.5. The largest absolute Gasteiger partial charge is 0.381 e. The van der Waals surface area contributed by atoms with Crippen LogP contribution in [0.2, 0.25) is 0 Å². The number of rotatable bonds is 3. The Labute approximate surface area is 67.3 Å². The number of hydrogen-bond donors (Lipinski definition) is 1. The van der Waals surface area contributed by atoms with Gasteiger partial charge in [-0.05, 0) is 25.3 Å². The fourth-order valence-corrected chi connectivity index (χ4v) is 1.28. The maximum absolute atomic E-state index is 8.26. The average molecular weight is 154 g/mol. The average Bonchev–Trinajstić information content (AvgIpc) is 2.07. The van der Waals surface area contributed by atoms with Crippen molar-refractivity contribution in [2.75, 3.05) is 26.3 Å². The van der Waals surface area contributed by atoms with Gasteiger partial charge in [-0.3, -0.25) is 0 Å². The van der Waals surface area contributed by atoms with Crippen LogP contribution in [0.15, 0.2) is 0 Å².